The maximum absolute atomic E-state index is 15.0. The second kappa shape index (κ2) is 16.8. The van der Waals surface area contributed by atoms with Crippen LogP contribution in [-0.2, 0) is 40.4 Å². The van der Waals surface area contributed by atoms with Gasteiger partial charge in [-0.2, -0.15) is 0 Å². The van der Waals surface area contributed by atoms with Crippen LogP contribution in [0.1, 0.15) is 97.0 Å². The fourth-order valence-corrected chi connectivity index (χ4v) is 10.3. The molecule has 16 nitrogen and oxygen atoms in total. The van der Waals surface area contributed by atoms with Crippen LogP contribution in [0.3, 0.4) is 0 Å². The molecule has 17 heteroatoms. The van der Waals surface area contributed by atoms with Gasteiger partial charge in [0.2, 0.25) is 27.7 Å². The quantitative estimate of drug-likeness (QED) is 0.304. The minimum atomic E-state index is -3.93. The Morgan fingerprint density at radius 2 is 1.82 bits per heavy atom. The Morgan fingerprint density at radius 1 is 1.08 bits per heavy atom. The Hall–Kier alpha value is -4.93. The summed E-state index contributed by atoms with van der Waals surface area (Å²) in [6.45, 7) is 9.31. The van der Waals surface area contributed by atoms with Crippen LogP contribution < -0.4 is 29.7 Å². The lowest BCUT2D eigenvalue weighted by Crippen LogP contribution is -2.59. The number of rotatable bonds is 9. The van der Waals surface area contributed by atoms with Crippen LogP contribution in [0, 0.1) is 17.3 Å². The lowest BCUT2D eigenvalue weighted by molar-refractivity contribution is -0.142. The molecule has 1 saturated heterocycles. The number of pyridine rings is 1. The van der Waals surface area contributed by atoms with Gasteiger partial charge in [0.05, 0.1) is 31.0 Å². The first-order valence-electron chi connectivity index (χ1n) is 21.1. The summed E-state index contributed by atoms with van der Waals surface area (Å²) in [6, 6.07) is 3.24. The summed E-state index contributed by atoms with van der Waals surface area (Å²) in [4.78, 5) is 77.0. The first-order chi connectivity index (χ1) is 28.4. The van der Waals surface area contributed by atoms with Gasteiger partial charge in [0.15, 0.2) is 0 Å². The number of fused-ring (bicyclic) bond motifs is 3. The molecule has 4 fully saturated rings. The van der Waals surface area contributed by atoms with E-state index in [-0.39, 0.29) is 37.8 Å². The highest BCUT2D eigenvalue weighted by Crippen LogP contribution is 2.46. The summed E-state index contributed by atoms with van der Waals surface area (Å²) in [6.07, 6.45) is 7.23. The number of hydrogen-bond donors (Lipinski definition) is 3. The first-order valence-corrected chi connectivity index (χ1v) is 22.7. The average molecular weight is 851 g/mol. The van der Waals surface area contributed by atoms with Crippen LogP contribution in [0.5, 0.6) is 11.5 Å². The van der Waals surface area contributed by atoms with Crippen LogP contribution in [0.15, 0.2) is 30.9 Å². The Morgan fingerprint density at radius 3 is 2.47 bits per heavy atom. The molecule has 2 aromatic rings. The molecule has 1 aromatic carbocycles. The second-order valence-corrected chi connectivity index (χ2v) is 20.0. The molecule has 3 N–H and O–H groups in total. The van der Waals surface area contributed by atoms with Crippen molar-refractivity contribution in [3.8, 4) is 11.5 Å². The predicted octanol–water partition coefficient (Wildman–Crippen LogP) is 4.28. The summed E-state index contributed by atoms with van der Waals surface area (Å²) < 4.78 is 46.3. The number of ether oxygens (including phenoxy) is 3. The van der Waals surface area contributed by atoms with Crippen molar-refractivity contribution in [1.82, 2.24) is 25.2 Å². The zero-order valence-corrected chi connectivity index (χ0v) is 36.0. The van der Waals surface area contributed by atoms with Crippen LogP contribution in [0.2, 0.25) is 0 Å². The summed E-state index contributed by atoms with van der Waals surface area (Å²) in [5, 5.41) is 5.72. The Labute approximate surface area is 351 Å². The minimum absolute atomic E-state index is 0.00483. The molecular weight excluding hydrogens is 793 g/mol. The molecule has 60 heavy (non-hydrogen) atoms. The third-order valence-electron chi connectivity index (χ3n) is 12.9. The molecule has 3 heterocycles. The smallest absolute Gasteiger partial charge is 0.407 e. The van der Waals surface area contributed by atoms with E-state index < -0.39 is 74.1 Å². The van der Waals surface area contributed by atoms with Gasteiger partial charge < -0.3 is 34.6 Å². The van der Waals surface area contributed by atoms with Crippen molar-refractivity contribution in [1.29, 1.82) is 0 Å². The van der Waals surface area contributed by atoms with E-state index in [9.17, 15) is 32.4 Å². The number of nitrogens with zero attached hydrogens (tertiary/aromatic N) is 3. The fourth-order valence-electron chi connectivity index (χ4n) is 8.93. The number of sulfonamides is 1. The number of anilines is 1. The number of benzene rings is 1. The third-order valence-corrected chi connectivity index (χ3v) is 14.7. The SMILES string of the molecule is C=C[C@@H]1C[C@]1(NC(=O)[C@@H]1C[C@@H]2CN1C(=O)[C@H](C1CCCCC1)NC(=O)OCC(C)(C)CCCc1cc3c(cc(N(C)C(C)=O)nc3cc1OC)O2)C(=O)NS(=O)(=O)C1CC1. The van der Waals surface area contributed by atoms with E-state index >= 15 is 0 Å². The van der Waals surface area contributed by atoms with Crippen molar-refractivity contribution < 1.29 is 46.6 Å². The van der Waals surface area contributed by atoms with Crippen molar-refractivity contribution in [3.63, 3.8) is 0 Å². The Kier molecular flexibility index (Phi) is 12.1. The van der Waals surface area contributed by atoms with Gasteiger partial charge >= 0.3 is 6.09 Å². The van der Waals surface area contributed by atoms with Crippen molar-refractivity contribution in [2.24, 2.45) is 17.3 Å². The van der Waals surface area contributed by atoms with Crippen molar-refractivity contribution >= 4 is 56.5 Å². The zero-order valence-electron chi connectivity index (χ0n) is 35.2. The Balaban J connectivity index is 1.29. The predicted molar refractivity (Wildman–Crippen MR) is 223 cm³/mol. The molecule has 2 aliphatic heterocycles. The van der Waals surface area contributed by atoms with Gasteiger partial charge in [0.25, 0.3) is 5.91 Å². The van der Waals surface area contributed by atoms with Crippen LogP contribution in [-0.4, -0.2) is 104 Å². The number of amides is 5. The number of carbonyl (C=O) groups excluding carboxylic acids is 5. The monoisotopic (exact) mass is 850 g/mol. The van der Waals surface area contributed by atoms with E-state index in [2.05, 4.69) is 21.9 Å². The van der Waals surface area contributed by atoms with E-state index in [0.29, 0.717) is 66.7 Å². The molecule has 0 spiro atoms. The molecule has 5 atom stereocenters. The van der Waals surface area contributed by atoms with E-state index in [4.69, 9.17) is 19.2 Å². The number of nitrogens with one attached hydrogen (secondary N) is 3. The number of methoxy groups -OCH3 is 1. The minimum Gasteiger partial charge on any atom is -0.496 e. The highest BCUT2D eigenvalue weighted by molar-refractivity contribution is 7.91. The van der Waals surface area contributed by atoms with Gasteiger partial charge in [-0.25, -0.2) is 18.2 Å². The molecular formula is C43H58N6O10S. The van der Waals surface area contributed by atoms with Crippen LogP contribution in [0.25, 0.3) is 10.9 Å². The second-order valence-electron chi connectivity index (χ2n) is 18.0. The van der Waals surface area contributed by atoms with Gasteiger partial charge in [-0.05, 0) is 74.3 Å². The van der Waals surface area contributed by atoms with Gasteiger partial charge in [0, 0.05) is 43.8 Å². The van der Waals surface area contributed by atoms with E-state index in [1.54, 1.807) is 26.3 Å². The largest absolute Gasteiger partial charge is 0.496 e. The molecule has 7 rings (SSSR count). The molecule has 0 unspecified atom stereocenters. The van der Waals surface area contributed by atoms with Crippen LogP contribution in [0.4, 0.5) is 10.6 Å². The molecule has 1 aromatic heterocycles. The topological polar surface area (TPSA) is 203 Å². The third kappa shape index (κ3) is 9.05. The standard InChI is InChI=1S/C43H58N6O10S/c1-7-28-22-43(28,40(53)47-60(55,56)30-15-16-30)46-38(51)33-19-29-23-49(33)39(52)37(26-12-9-8-10-13-26)45-41(54)58-24-42(3,4)17-11-14-27-18-31-32(20-34(27)57-6)44-36(21-35(31)59-29)48(5)25(2)50/h7,18,20-21,26,28-30,33,37H,1,8-17,19,22-24H2,2-6H3,(H,45,54)(H,46,51)(H,47,53)/t28-,29-,33+,37+,43-/m1/s1. The maximum atomic E-state index is 15.0. The summed E-state index contributed by atoms with van der Waals surface area (Å²) in [5.74, 6) is -1.71. The number of aryl methyl sites for hydroxylation is 1. The molecule has 3 saturated carbocycles. The van der Waals surface area contributed by atoms with Crippen molar-refractivity contribution in [2.45, 2.75) is 127 Å². The highest BCUT2D eigenvalue weighted by atomic mass is 32.2. The zero-order chi connectivity index (χ0) is 43.1. The molecule has 5 amide bonds. The van der Waals surface area contributed by atoms with Crippen molar-refractivity contribution in [3.05, 3.63) is 36.4 Å². The van der Waals surface area contributed by atoms with Crippen molar-refractivity contribution in [2.75, 3.05) is 32.2 Å². The van der Waals surface area contributed by atoms with Gasteiger partial charge in [-0.3, -0.25) is 23.9 Å². The molecule has 4 bridgehead atoms. The molecule has 5 aliphatic rings. The summed E-state index contributed by atoms with van der Waals surface area (Å²) >= 11 is 0. The van der Waals surface area contributed by atoms with E-state index in [1.807, 2.05) is 19.9 Å². The lowest BCUT2D eigenvalue weighted by Gasteiger charge is -2.35. The van der Waals surface area contributed by atoms with Gasteiger partial charge in [0.1, 0.15) is 41.0 Å². The molecule has 3 aliphatic carbocycles. The fraction of sp³-hybridized carbons (Fsp3) is 0.628. The molecule has 326 valence electrons. The normalized spacial score (nSPS) is 27.4. The number of carbonyl (C=O) groups is 5. The van der Waals surface area contributed by atoms with Crippen LogP contribution >= 0.6 is 0 Å². The maximum Gasteiger partial charge on any atom is 0.407 e. The number of aromatic nitrogens is 1. The number of cyclic esters (lactones) is 1. The number of hydrogen-bond acceptors (Lipinski definition) is 11. The summed E-state index contributed by atoms with van der Waals surface area (Å²) in [7, 11) is -0.746. The van der Waals surface area contributed by atoms with Gasteiger partial charge in [-0.15, -0.1) is 6.58 Å². The first kappa shape index (κ1) is 43.2. The number of alkyl carbamates (subject to hydrolysis) is 1. The lowest BCUT2D eigenvalue weighted by atomic mass is 9.83. The Bertz CT molecular complexity index is 2170. The van der Waals surface area contributed by atoms with E-state index in [1.165, 1.54) is 22.8 Å². The highest BCUT2D eigenvalue weighted by Gasteiger charge is 2.62. The average Bonchev–Trinajstić information content (AvgIpc) is 4.15. The summed E-state index contributed by atoms with van der Waals surface area (Å²) in [5.41, 5.74) is -0.583. The molecule has 0 radical (unpaired) electrons. The van der Waals surface area contributed by atoms with Gasteiger partial charge in [-0.1, -0.05) is 39.2 Å². The van der Waals surface area contributed by atoms with E-state index in [0.717, 1.165) is 31.2 Å².